The van der Waals surface area contributed by atoms with Gasteiger partial charge in [-0.25, -0.2) is 0 Å². The van der Waals surface area contributed by atoms with Gasteiger partial charge in [-0.05, 0) is 0 Å². The maximum absolute atomic E-state index is 2.37. The first-order valence-corrected chi connectivity index (χ1v) is 7.53. The molecule has 0 radical (unpaired) electrons. The molecule has 0 fully saturated rings. The average Bonchev–Trinajstić information content (AvgIpc) is 2.39. The summed E-state index contributed by atoms with van der Waals surface area (Å²) in [6.07, 6.45) is 10.6. The quantitative estimate of drug-likeness (QED) is 0.690. The molecule has 0 spiro atoms. The summed E-state index contributed by atoms with van der Waals surface area (Å²) in [5.41, 5.74) is 0. The molecule has 60 valence electrons. The summed E-state index contributed by atoms with van der Waals surface area (Å²) in [4.78, 5) is 0. The van der Waals surface area contributed by atoms with Gasteiger partial charge in [0.1, 0.15) is 0 Å². The average molecular weight is 227 g/mol. The Labute approximate surface area is 81.3 Å². The van der Waals surface area contributed by atoms with Crippen molar-refractivity contribution in [3.05, 3.63) is 24.3 Å². The zero-order chi connectivity index (χ0) is 8.10. The number of allylic oxidation sites excluding steroid dienone is 4. The molecular formula is C10H16Zr. The number of hydrogen-bond acceptors (Lipinski definition) is 0. The molecule has 0 N–H and O–H groups in total. The molecule has 0 atom stereocenters. The van der Waals surface area contributed by atoms with E-state index in [1.165, 1.54) is 6.42 Å². The first-order chi connectivity index (χ1) is 5.29. The van der Waals surface area contributed by atoms with Gasteiger partial charge in [-0.2, -0.15) is 0 Å². The summed E-state index contributed by atoms with van der Waals surface area (Å²) in [6.45, 7) is 4.64. The van der Waals surface area contributed by atoms with Crippen LogP contribution in [0, 0.1) is 5.92 Å². The van der Waals surface area contributed by atoms with Crippen LogP contribution in [0.1, 0.15) is 20.3 Å². The van der Waals surface area contributed by atoms with Crippen LogP contribution in [0.3, 0.4) is 0 Å². The predicted molar refractivity (Wildman–Crippen MR) is 46.3 cm³/mol. The second-order valence-corrected chi connectivity index (χ2v) is 7.30. The molecule has 1 aliphatic rings. The maximum atomic E-state index is 2.37. The second-order valence-electron chi connectivity index (χ2n) is 3.43. The summed E-state index contributed by atoms with van der Waals surface area (Å²) in [6, 6.07) is 0. The third kappa shape index (κ3) is 4.06. The first-order valence-electron chi connectivity index (χ1n) is 4.37. The van der Waals surface area contributed by atoms with Crippen molar-refractivity contribution in [3.8, 4) is 0 Å². The fraction of sp³-hybridized carbons (Fsp3) is 0.600. The summed E-state index contributed by atoms with van der Waals surface area (Å²) in [7, 11) is 0. The minimum atomic E-state index is -0.0901. The fourth-order valence-electron chi connectivity index (χ4n) is 1.11. The van der Waals surface area contributed by atoms with E-state index < -0.39 is 0 Å². The molecule has 0 nitrogen and oxygen atoms in total. The van der Waals surface area contributed by atoms with Crippen LogP contribution in [0.4, 0.5) is 0 Å². The van der Waals surface area contributed by atoms with Crippen molar-refractivity contribution in [1.82, 2.24) is 0 Å². The molecule has 0 unspecified atom stereocenters. The molecular weight excluding hydrogens is 211 g/mol. The van der Waals surface area contributed by atoms with E-state index in [0.29, 0.717) is 0 Å². The van der Waals surface area contributed by atoms with E-state index in [2.05, 4.69) is 38.2 Å². The van der Waals surface area contributed by atoms with Gasteiger partial charge in [0.25, 0.3) is 0 Å². The Hall–Kier alpha value is 0.363. The Balaban J connectivity index is 2.03. The van der Waals surface area contributed by atoms with Crippen LogP contribution in [-0.2, 0) is 23.2 Å². The summed E-state index contributed by atoms with van der Waals surface area (Å²) < 4.78 is 2.46. The molecule has 1 aliphatic carbocycles. The SMILES string of the molecule is CC(C)C[CH2][Zr][CH]1C=CC=C1. The minimum absolute atomic E-state index is 0.0901. The van der Waals surface area contributed by atoms with Crippen molar-refractivity contribution in [2.45, 2.75) is 28.0 Å². The fourth-order valence-corrected chi connectivity index (χ4v) is 4.97. The second kappa shape index (κ2) is 5.09. The van der Waals surface area contributed by atoms with Gasteiger partial charge in [0.05, 0.1) is 0 Å². The van der Waals surface area contributed by atoms with Crippen LogP contribution in [0.25, 0.3) is 0 Å². The Morgan fingerprint density at radius 3 is 2.45 bits per heavy atom. The monoisotopic (exact) mass is 226 g/mol. The molecule has 1 heteroatoms. The molecule has 0 aliphatic heterocycles. The van der Waals surface area contributed by atoms with Gasteiger partial charge in [0.2, 0.25) is 0 Å². The predicted octanol–water partition coefficient (Wildman–Crippen LogP) is 3.45. The zero-order valence-corrected chi connectivity index (χ0v) is 9.84. The summed E-state index contributed by atoms with van der Waals surface area (Å²) in [5, 5.41) is 0. The molecule has 0 aromatic carbocycles. The van der Waals surface area contributed by atoms with Crippen LogP contribution in [0.15, 0.2) is 24.3 Å². The molecule has 1 rings (SSSR count). The van der Waals surface area contributed by atoms with E-state index in [4.69, 9.17) is 0 Å². The van der Waals surface area contributed by atoms with Crippen LogP contribution in [0.5, 0.6) is 0 Å². The Kier molecular flexibility index (Phi) is 4.37. The molecule has 0 aromatic heterocycles. The Morgan fingerprint density at radius 2 is 1.91 bits per heavy atom. The van der Waals surface area contributed by atoms with Crippen molar-refractivity contribution in [2.75, 3.05) is 0 Å². The van der Waals surface area contributed by atoms with Gasteiger partial charge in [-0.3, -0.25) is 0 Å². The Morgan fingerprint density at radius 1 is 1.27 bits per heavy atom. The van der Waals surface area contributed by atoms with E-state index in [9.17, 15) is 0 Å². The van der Waals surface area contributed by atoms with Gasteiger partial charge < -0.3 is 0 Å². The van der Waals surface area contributed by atoms with Gasteiger partial charge in [0.15, 0.2) is 0 Å². The van der Waals surface area contributed by atoms with Crippen molar-refractivity contribution >= 4 is 0 Å². The van der Waals surface area contributed by atoms with Gasteiger partial charge in [0, 0.05) is 0 Å². The third-order valence-corrected chi connectivity index (χ3v) is 5.37. The molecule has 11 heavy (non-hydrogen) atoms. The van der Waals surface area contributed by atoms with Crippen LogP contribution < -0.4 is 0 Å². The Bertz CT molecular complexity index is 144. The van der Waals surface area contributed by atoms with Gasteiger partial charge >= 0.3 is 81.5 Å². The number of rotatable bonds is 4. The molecule has 0 aromatic rings. The van der Waals surface area contributed by atoms with E-state index in [1.54, 1.807) is 4.13 Å². The van der Waals surface area contributed by atoms with Crippen LogP contribution >= 0.6 is 0 Å². The standard InChI is InChI=1S/C5H5.C5H11.Zr/c1-2-4-5-3-1;1-4-5(2)3;/h1-5H;5H,1,4H2,2-3H3;. The molecule has 0 saturated carbocycles. The third-order valence-electron chi connectivity index (χ3n) is 1.85. The molecule has 0 amide bonds. The van der Waals surface area contributed by atoms with Crippen molar-refractivity contribution in [3.63, 3.8) is 0 Å². The molecule has 0 heterocycles. The van der Waals surface area contributed by atoms with E-state index >= 15 is 0 Å². The first kappa shape index (κ1) is 9.45. The normalized spacial score (nSPS) is 16.6. The molecule has 0 bridgehead atoms. The van der Waals surface area contributed by atoms with Crippen molar-refractivity contribution in [1.29, 1.82) is 0 Å². The zero-order valence-electron chi connectivity index (χ0n) is 7.38. The van der Waals surface area contributed by atoms with E-state index in [-0.39, 0.29) is 23.2 Å². The van der Waals surface area contributed by atoms with E-state index in [0.717, 1.165) is 9.54 Å². The summed E-state index contributed by atoms with van der Waals surface area (Å²) in [5.74, 6) is 0.908. The van der Waals surface area contributed by atoms with Crippen molar-refractivity contribution in [2.24, 2.45) is 5.92 Å². The van der Waals surface area contributed by atoms with Gasteiger partial charge in [-0.15, -0.1) is 0 Å². The van der Waals surface area contributed by atoms with Crippen LogP contribution in [0.2, 0.25) is 7.75 Å². The molecule has 0 saturated heterocycles. The van der Waals surface area contributed by atoms with E-state index in [1.807, 2.05) is 0 Å². The topological polar surface area (TPSA) is 0 Å². The number of hydrogen-bond donors (Lipinski definition) is 0. The van der Waals surface area contributed by atoms with Gasteiger partial charge in [-0.1, -0.05) is 0 Å². The van der Waals surface area contributed by atoms with Crippen molar-refractivity contribution < 1.29 is 23.2 Å². The van der Waals surface area contributed by atoms with Crippen LogP contribution in [-0.4, -0.2) is 0 Å². The summed E-state index contributed by atoms with van der Waals surface area (Å²) >= 11 is -0.0901.